The first-order valence-corrected chi connectivity index (χ1v) is 8.51. The number of fused-ring (bicyclic) bond motifs is 2. The molecule has 0 saturated heterocycles. The quantitative estimate of drug-likeness (QED) is 0.881. The second kappa shape index (κ2) is 7.03. The Bertz CT molecular complexity index is 824. The highest BCUT2D eigenvalue weighted by Crippen LogP contribution is 2.34. The molecular weight excluding hydrogens is 336 g/mol. The standard InChI is InChI=1S/C19H20N2O5/c1-12(14-3-5-16-18(9-14)26-11-25-16)21-19(22)20-10-13-2-4-15-17(8-13)24-7-6-23-15/h2-5,8-9,12H,6-7,10-11H2,1H3,(H2,20,21,22)/t12-/m1/s1. The Hall–Kier alpha value is -3.09. The summed E-state index contributed by atoms with van der Waals surface area (Å²) in [6, 6.07) is 10.9. The molecule has 1 atom stereocenters. The maximum atomic E-state index is 12.2. The van der Waals surface area contributed by atoms with Gasteiger partial charge in [0.25, 0.3) is 0 Å². The van der Waals surface area contributed by atoms with Crippen molar-refractivity contribution in [3.05, 3.63) is 47.5 Å². The molecule has 4 rings (SSSR count). The number of urea groups is 1. The van der Waals surface area contributed by atoms with E-state index in [-0.39, 0.29) is 18.9 Å². The predicted molar refractivity (Wildman–Crippen MR) is 93.8 cm³/mol. The summed E-state index contributed by atoms with van der Waals surface area (Å²) in [5, 5.41) is 5.77. The third-order valence-corrected chi connectivity index (χ3v) is 4.30. The van der Waals surface area contributed by atoms with Crippen molar-refractivity contribution in [2.75, 3.05) is 20.0 Å². The van der Waals surface area contributed by atoms with Crippen molar-refractivity contribution in [3.63, 3.8) is 0 Å². The van der Waals surface area contributed by atoms with E-state index >= 15 is 0 Å². The lowest BCUT2D eigenvalue weighted by atomic mass is 10.1. The maximum Gasteiger partial charge on any atom is 0.315 e. The summed E-state index contributed by atoms with van der Waals surface area (Å²) < 4.78 is 21.7. The van der Waals surface area contributed by atoms with E-state index in [1.54, 1.807) is 0 Å². The number of hydrogen-bond acceptors (Lipinski definition) is 5. The van der Waals surface area contributed by atoms with Gasteiger partial charge < -0.3 is 29.6 Å². The Kier molecular flexibility index (Phi) is 4.43. The highest BCUT2D eigenvalue weighted by Gasteiger charge is 2.17. The van der Waals surface area contributed by atoms with Crippen molar-refractivity contribution in [1.29, 1.82) is 0 Å². The van der Waals surface area contributed by atoms with Gasteiger partial charge in [0.2, 0.25) is 6.79 Å². The normalized spacial score (nSPS) is 15.3. The van der Waals surface area contributed by atoms with Gasteiger partial charge in [0.15, 0.2) is 23.0 Å². The van der Waals surface area contributed by atoms with Crippen LogP contribution in [-0.2, 0) is 6.54 Å². The fourth-order valence-corrected chi connectivity index (χ4v) is 2.89. The van der Waals surface area contributed by atoms with Crippen molar-refractivity contribution >= 4 is 6.03 Å². The molecule has 0 bridgehead atoms. The second-order valence-electron chi connectivity index (χ2n) is 6.14. The van der Waals surface area contributed by atoms with Crippen LogP contribution in [0.2, 0.25) is 0 Å². The van der Waals surface area contributed by atoms with Gasteiger partial charge in [0, 0.05) is 6.54 Å². The number of benzene rings is 2. The van der Waals surface area contributed by atoms with Gasteiger partial charge in [-0.1, -0.05) is 12.1 Å². The largest absolute Gasteiger partial charge is 0.486 e. The minimum Gasteiger partial charge on any atom is -0.486 e. The summed E-state index contributed by atoms with van der Waals surface area (Å²) in [5.74, 6) is 2.88. The number of rotatable bonds is 4. The molecule has 0 unspecified atom stereocenters. The number of nitrogens with one attached hydrogen (secondary N) is 2. The van der Waals surface area contributed by atoms with E-state index in [1.165, 1.54) is 0 Å². The van der Waals surface area contributed by atoms with Crippen molar-refractivity contribution < 1.29 is 23.7 Å². The zero-order chi connectivity index (χ0) is 17.9. The number of amides is 2. The van der Waals surface area contributed by atoms with Gasteiger partial charge in [-0.3, -0.25) is 0 Å². The summed E-state index contributed by atoms with van der Waals surface area (Å²) in [6.07, 6.45) is 0. The molecule has 0 radical (unpaired) electrons. The molecule has 2 aliphatic heterocycles. The lowest BCUT2D eigenvalue weighted by Gasteiger charge is -2.19. The number of carbonyl (C=O) groups is 1. The minimum absolute atomic E-state index is 0.162. The molecule has 0 aromatic heterocycles. The lowest BCUT2D eigenvalue weighted by molar-refractivity contribution is 0.171. The van der Waals surface area contributed by atoms with Crippen molar-refractivity contribution in [1.82, 2.24) is 10.6 Å². The van der Waals surface area contributed by atoms with Crippen LogP contribution in [-0.4, -0.2) is 26.0 Å². The van der Waals surface area contributed by atoms with Crippen LogP contribution in [0.5, 0.6) is 23.0 Å². The fraction of sp³-hybridized carbons (Fsp3) is 0.316. The van der Waals surface area contributed by atoms with Crippen LogP contribution in [0.1, 0.15) is 24.1 Å². The molecular formula is C19H20N2O5. The zero-order valence-corrected chi connectivity index (χ0v) is 14.4. The van der Waals surface area contributed by atoms with Crippen LogP contribution in [0.15, 0.2) is 36.4 Å². The molecule has 136 valence electrons. The Labute approximate surface area is 151 Å². The van der Waals surface area contributed by atoms with Crippen LogP contribution in [0.3, 0.4) is 0 Å². The van der Waals surface area contributed by atoms with E-state index in [2.05, 4.69) is 10.6 Å². The Morgan fingerprint density at radius 1 is 0.962 bits per heavy atom. The zero-order valence-electron chi connectivity index (χ0n) is 14.4. The van der Waals surface area contributed by atoms with Crippen LogP contribution < -0.4 is 29.6 Å². The predicted octanol–water partition coefficient (Wildman–Crippen LogP) is 2.75. The molecule has 2 aromatic rings. The first-order chi connectivity index (χ1) is 12.7. The molecule has 0 aliphatic carbocycles. The smallest absolute Gasteiger partial charge is 0.315 e. The highest BCUT2D eigenvalue weighted by atomic mass is 16.7. The molecule has 7 nitrogen and oxygen atoms in total. The van der Waals surface area contributed by atoms with Crippen molar-refractivity contribution in [3.8, 4) is 23.0 Å². The molecule has 7 heteroatoms. The Morgan fingerprint density at radius 2 is 1.65 bits per heavy atom. The molecule has 2 amide bonds. The third-order valence-electron chi connectivity index (χ3n) is 4.30. The molecule has 2 aliphatic rings. The molecule has 26 heavy (non-hydrogen) atoms. The molecule has 0 saturated carbocycles. The average molecular weight is 356 g/mol. The van der Waals surface area contributed by atoms with Gasteiger partial charge >= 0.3 is 6.03 Å². The van der Waals surface area contributed by atoms with E-state index in [0.717, 1.165) is 22.6 Å². The topological polar surface area (TPSA) is 78.1 Å². The van der Waals surface area contributed by atoms with Gasteiger partial charge in [-0.25, -0.2) is 4.79 Å². The first kappa shape index (κ1) is 16.4. The summed E-state index contributed by atoms with van der Waals surface area (Å²) in [6.45, 7) is 3.65. The Balaban J connectivity index is 1.32. The first-order valence-electron chi connectivity index (χ1n) is 8.51. The summed E-state index contributed by atoms with van der Waals surface area (Å²) >= 11 is 0. The van der Waals surface area contributed by atoms with Crippen LogP contribution in [0, 0.1) is 0 Å². The van der Waals surface area contributed by atoms with E-state index in [0.29, 0.717) is 31.3 Å². The van der Waals surface area contributed by atoms with Crippen LogP contribution in [0.25, 0.3) is 0 Å². The summed E-state index contributed by atoms with van der Waals surface area (Å²) in [7, 11) is 0. The third kappa shape index (κ3) is 3.46. The molecule has 2 aromatic carbocycles. The van der Waals surface area contributed by atoms with Crippen molar-refractivity contribution in [2.24, 2.45) is 0 Å². The Morgan fingerprint density at radius 3 is 2.54 bits per heavy atom. The monoisotopic (exact) mass is 356 g/mol. The van der Waals surface area contributed by atoms with Crippen LogP contribution >= 0.6 is 0 Å². The number of carbonyl (C=O) groups excluding carboxylic acids is 1. The molecule has 0 spiro atoms. The van der Waals surface area contributed by atoms with E-state index < -0.39 is 0 Å². The SMILES string of the molecule is C[C@@H](NC(=O)NCc1ccc2c(c1)OCCO2)c1ccc2c(c1)OCO2. The minimum atomic E-state index is -0.245. The van der Waals surface area contributed by atoms with Crippen LogP contribution in [0.4, 0.5) is 4.79 Å². The van der Waals surface area contributed by atoms with Gasteiger partial charge in [0.1, 0.15) is 13.2 Å². The summed E-state index contributed by atoms with van der Waals surface area (Å²) in [5.41, 5.74) is 1.89. The van der Waals surface area contributed by atoms with E-state index in [9.17, 15) is 4.79 Å². The molecule has 2 heterocycles. The average Bonchev–Trinajstić information content (AvgIpc) is 3.14. The molecule has 2 N–H and O–H groups in total. The highest BCUT2D eigenvalue weighted by molar-refractivity contribution is 5.74. The molecule has 0 fully saturated rings. The summed E-state index contributed by atoms with van der Waals surface area (Å²) in [4.78, 5) is 12.2. The fourth-order valence-electron chi connectivity index (χ4n) is 2.89. The van der Waals surface area contributed by atoms with Gasteiger partial charge in [-0.05, 0) is 42.3 Å². The second-order valence-corrected chi connectivity index (χ2v) is 6.14. The van der Waals surface area contributed by atoms with Gasteiger partial charge in [0.05, 0.1) is 6.04 Å². The number of ether oxygens (including phenoxy) is 4. The van der Waals surface area contributed by atoms with Crippen molar-refractivity contribution in [2.45, 2.75) is 19.5 Å². The van der Waals surface area contributed by atoms with Gasteiger partial charge in [-0.2, -0.15) is 0 Å². The van der Waals surface area contributed by atoms with E-state index in [4.69, 9.17) is 18.9 Å². The van der Waals surface area contributed by atoms with Gasteiger partial charge in [-0.15, -0.1) is 0 Å². The number of hydrogen-bond donors (Lipinski definition) is 2. The maximum absolute atomic E-state index is 12.2. The lowest BCUT2D eigenvalue weighted by Crippen LogP contribution is -2.36. The van der Waals surface area contributed by atoms with E-state index in [1.807, 2.05) is 43.3 Å².